The first kappa shape index (κ1) is 11.7. The highest BCUT2D eigenvalue weighted by Crippen LogP contribution is 2.09. The number of hydrogen-bond donors (Lipinski definition) is 1. The van der Waals surface area contributed by atoms with E-state index < -0.39 is 0 Å². The molecule has 1 heterocycles. The van der Waals surface area contributed by atoms with Crippen LogP contribution in [-0.2, 0) is 13.0 Å². The Bertz CT molecular complexity index is 474. The Labute approximate surface area is 103 Å². The van der Waals surface area contributed by atoms with Crippen molar-refractivity contribution in [1.29, 1.82) is 0 Å². The van der Waals surface area contributed by atoms with Gasteiger partial charge in [-0.25, -0.2) is 4.98 Å². The van der Waals surface area contributed by atoms with Crippen LogP contribution in [-0.4, -0.2) is 16.1 Å². The van der Waals surface area contributed by atoms with Gasteiger partial charge >= 0.3 is 0 Å². The molecule has 0 saturated heterocycles. The molecule has 3 nitrogen and oxygen atoms in total. The molecule has 0 aliphatic carbocycles. The van der Waals surface area contributed by atoms with Crippen LogP contribution in [0.25, 0.3) is 0 Å². The van der Waals surface area contributed by atoms with Crippen LogP contribution in [0, 0.1) is 6.92 Å². The van der Waals surface area contributed by atoms with Gasteiger partial charge < -0.3 is 9.88 Å². The molecule has 0 radical (unpaired) electrons. The van der Waals surface area contributed by atoms with Gasteiger partial charge in [-0.1, -0.05) is 29.8 Å². The Kier molecular flexibility index (Phi) is 3.81. The van der Waals surface area contributed by atoms with Crippen molar-refractivity contribution in [3.63, 3.8) is 0 Å². The average Bonchev–Trinajstić information content (AvgIpc) is 2.75. The first-order valence-electron chi connectivity index (χ1n) is 6.10. The highest BCUT2D eigenvalue weighted by molar-refractivity contribution is 5.26. The zero-order chi connectivity index (χ0) is 12.1. The number of hydrogen-bond acceptors (Lipinski definition) is 2. The summed E-state index contributed by atoms with van der Waals surface area (Å²) >= 11 is 0. The van der Waals surface area contributed by atoms with Gasteiger partial charge in [0.25, 0.3) is 0 Å². The maximum absolute atomic E-state index is 4.29. The molecule has 0 spiro atoms. The standard InChI is InChI=1S/C14H19N3/c1-3-15-14-16-8-10-17(14)9-7-13-6-4-5-12(2)11-13/h4-6,8,10-11H,3,7,9H2,1-2H3,(H,15,16). The fourth-order valence-electron chi connectivity index (χ4n) is 1.93. The number of aryl methyl sites for hydroxylation is 3. The molecule has 0 atom stereocenters. The van der Waals surface area contributed by atoms with Crippen LogP contribution in [0.4, 0.5) is 5.95 Å². The van der Waals surface area contributed by atoms with E-state index in [9.17, 15) is 0 Å². The van der Waals surface area contributed by atoms with E-state index in [1.165, 1.54) is 11.1 Å². The largest absolute Gasteiger partial charge is 0.356 e. The maximum Gasteiger partial charge on any atom is 0.202 e. The molecule has 0 amide bonds. The summed E-state index contributed by atoms with van der Waals surface area (Å²) < 4.78 is 2.16. The molecule has 0 aliphatic rings. The van der Waals surface area contributed by atoms with Gasteiger partial charge in [0.2, 0.25) is 5.95 Å². The molecule has 1 aromatic heterocycles. The number of benzene rings is 1. The molecule has 90 valence electrons. The molecule has 0 saturated carbocycles. The van der Waals surface area contributed by atoms with E-state index in [-0.39, 0.29) is 0 Å². The van der Waals surface area contributed by atoms with Crippen LogP contribution in [0.3, 0.4) is 0 Å². The van der Waals surface area contributed by atoms with Crippen LogP contribution in [0.5, 0.6) is 0 Å². The zero-order valence-electron chi connectivity index (χ0n) is 10.5. The molecular formula is C14H19N3. The summed E-state index contributed by atoms with van der Waals surface area (Å²) in [7, 11) is 0. The third-order valence-corrected chi connectivity index (χ3v) is 2.77. The molecule has 0 unspecified atom stereocenters. The topological polar surface area (TPSA) is 29.9 Å². The zero-order valence-corrected chi connectivity index (χ0v) is 10.5. The van der Waals surface area contributed by atoms with Crippen molar-refractivity contribution in [3.05, 3.63) is 47.8 Å². The minimum atomic E-state index is 0.904. The minimum Gasteiger partial charge on any atom is -0.356 e. The van der Waals surface area contributed by atoms with Crippen LogP contribution < -0.4 is 5.32 Å². The second-order valence-corrected chi connectivity index (χ2v) is 4.21. The van der Waals surface area contributed by atoms with Crippen molar-refractivity contribution < 1.29 is 0 Å². The summed E-state index contributed by atoms with van der Waals surface area (Å²) in [6.45, 7) is 6.08. The number of anilines is 1. The van der Waals surface area contributed by atoms with Gasteiger partial charge in [0.15, 0.2) is 0 Å². The molecule has 1 N–H and O–H groups in total. The van der Waals surface area contributed by atoms with E-state index in [4.69, 9.17) is 0 Å². The normalized spacial score (nSPS) is 10.5. The lowest BCUT2D eigenvalue weighted by molar-refractivity contribution is 0.700. The van der Waals surface area contributed by atoms with Gasteiger partial charge in [-0.3, -0.25) is 0 Å². The molecular weight excluding hydrogens is 210 g/mol. The summed E-state index contributed by atoms with van der Waals surface area (Å²) in [5, 5.41) is 3.26. The van der Waals surface area contributed by atoms with E-state index in [0.29, 0.717) is 0 Å². The van der Waals surface area contributed by atoms with Gasteiger partial charge in [0.05, 0.1) is 0 Å². The Hall–Kier alpha value is -1.77. The third-order valence-electron chi connectivity index (χ3n) is 2.77. The van der Waals surface area contributed by atoms with E-state index >= 15 is 0 Å². The molecule has 17 heavy (non-hydrogen) atoms. The fourth-order valence-corrected chi connectivity index (χ4v) is 1.93. The van der Waals surface area contributed by atoms with Crippen LogP contribution in [0.15, 0.2) is 36.7 Å². The number of imidazole rings is 1. The van der Waals surface area contributed by atoms with Crippen LogP contribution in [0.2, 0.25) is 0 Å². The van der Waals surface area contributed by atoms with Crippen molar-refractivity contribution in [2.75, 3.05) is 11.9 Å². The SMILES string of the molecule is CCNc1nccn1CCc1cccc(C)c1. The van der Waals surface area contributed by atoms with Gasteiger partial charge in [0.1, 0.15) is 0 Å². The third kappa shape index (κ3) is 3.09. The Morgan fingerprint density at radius 2 is 2.24 bits per heavy atom. The molecule has 2 rings (SSSR count). The highest BCUT2D eigenvalue weighted by Gasteiger charge is 2.01. The van der Waals surface area contributed by atoms with Crippen molar-refractivity contribution in [3.8, 4) is 0 Å². The summed E-state index contributed by atoms with van der Waals surface area (Å²) in [6.07, 6.45) is 4.90. The van der Waals surface area contributed by atoms with Crippen molar-refractivity contribution in [2.24, 2.45) is 0 Å². The molecule has 0 aliphatic heterocycles. The fraction of sp³-hybridized carbons (Fsp3) is 0.357. The quantitative estimate of drug-likeness (QED) is 0.854. The van der Waals surface area contributed by atoms with Crippen LogP contribution in [0.1, 0.15) is 18.1 Å². The highest BCUT2D eigenvalue weighted by atomic mass is 15.2. The van der Waals surface area contributed by atoms with E-state index in [2.05, 4.69) is 53.0 Å². The van der Waals surface area contributed by atoms with E-state index in [1.807, 2.05) is 12.4 Å². The lowest BCUT2D eigenvalue weighted by atomic mass is 10.1. The molecule has 1 aromatic carbocycles. The predicted octanol–water partition coefficient (Wildman–Crippen LogP) is 2.87. The Morgan fingerprint density at radius 3 is 3.00 bits per heavy atom. The summed E-state index contributed by atoms with van der Waals surface area (Å²) in [6, 6.07) is 8.66. The summed E-state index contributed by atoms with van der Waals surface area (Å²) in [4.78, 5) is 4.29. The van der Waals surface area contributed by atoms with E-state index in [0.717, 1.165) is 25.5 Å². The predicted molar refractivity (Wildman–Crippen MR) is 71.3 cm³/mol. The lowest BCUT2D eigenvalue weighted by Crippen LogP contribution is -2.08. The lowest BCUT2D eigenvalue weighted by Gasteiger charge is -2.08. The number of nitrogens with zero attached hydrogens (tertiary/aromatic N) is 2. The monoisotopic (exact) mass is 229 g/mol. The Balaban J connectivity index is 1.99. The number of nitrogens with one attached hydrogen (secondary N) is 1. The van der Waals surface area contributed by atoms with Crippen LogP contribution >= 0.6 is 0 Å². The van der Waals surface area contributed by atoms with Gasteiger partial charge in [-0.2, -0.15) is 0 Å². The molecule has 3 heteroatoms. The first-order valence-corrected chi connectivity index (χ1v) is 6.10. The number of rotatable bonds is 5. The maximum atomic E-state index is 4.29. The Morgan fingerprint density at radius 1 is 1.35 bits per heavy atom. The van der Waals surface area contributed by atoms with Crippen molar-refractivity contribution in [2.45, 2.75) is 26.8 Å². The minimum absolute atomic E-state index is 0.904. The van der Waals surface area contributed by atoms with Gasteiger partial charge in [0, 0.05) is 25.5 Å². The van der Waals surface area contributed by atoms with Gasteiger partial charge in [-0.15, -0.1) is 0 Å². The summed E-state index contributed by atoms with van der Waals surface area (Å²) in [5.74, 6) is 0.958. The van der Waals surface area contributed by atoms with Gasteiger partial charge in [-0.05, 0) is 25.8 Å². The van der Waals surface area contributed by atoms with E-state index in [1.54, 1.807) is 0 Å². The first-order chi connectivity index (χ1) is 8.29. The molecule has 2 aromatic rings. The smallest absolute Gasteiger partial charge is 0.202 e. The van der Waals surface area contributed by atoms with Crippen molar-refractivity contribution in [1.82, 2.24) is 9.55 Å². The second kappa shape index (κ2) is 5.53. The molecule has 0 fully saturated rings. The summed E-state index contributed by atoms with van der Waals surface area (Å²) in [5.41, 5.74) is 2.70. The average molecular weight is 229 g/mol. The second-order valence-electron chi connectivity index (χ2n) is 4.21. The van der Waals surface area contributed by atoms with Crippen molar-refractivity contribution >= 4 is 5.95 Å². The molecule has 0 bridgehead atoms. The number of aromatic nitrogens is 2.